The average molecular weight is 348 g/mol. The van der Waals surface area contributed by atoms with Crippen LogP contribution in [0.3, 0.4) is 0 Å². The van der Waals surface area contributed by atoms with E-state index in [1.807, 2.05) is 6.92 Å². The molecule has 1 aromatic heterocycles. The van der Waals surface area contributed by atoms with E-state index in [0.717, 1.165) is 10.9 Å². The van der Waals surface area contributed by atoms with E-state index < -0.39 is 17.9 Å². The number of rotatable bonds is 7. The lowest BCUT2D eigenvalue weighted by atomic mass is 9.99. The Labute approximate surface area is 146 Å². The highest BCUT2D eigenvalue weighted by Crippen LogP contribution is 2.33. The van der Waals surface area contributed by atoms with Crippen LogP contribution in [0.25, 0.3) is 10.9 Å². The summed E-state index contributed by atoms with van der Waals surface area (Å²) < 4.78 is 12.3. The zero-order valence-corrected chi connectivity index (χ0v) is 15.1. The van der Waals surface area contributed by atoms with Crippen LogP contribution in [-0.4, -0.2) is 41.8 Å². The minimum Gasteiger partial charge on any atom is -0.497 e. The fourth-order valence-electron chi connectivity index (χ4n) is 2.78. The standard InChI is InChI=1S/C18H24N2O5/c1-6-10(2)16(18(22)23)19-17(21)14-9-12-13(20(14)3)7-11(24-4)8-15(12)25-5/h7-10,16H,6H2,1-5H3,(H,19,21)(H,22,23)/t10-,16-/m0/s1. The number of carbonyl (C=O) groups is 2. The average Bonchev–Trinajstić information content (AvgIpc) is 2.94. The summed E-state index contributed by atoms with van der Waals surface area (Å²) in [6.07, 6.45) is 0.650. The van der Waals surface area contributed by atoms with E-state index in [2.05, 4.69) is 5.32 Å². The molecule has 136 valence electrons. The molecule has 2 atom stereocenters. The second-order valence-corrected chi connectivity index (χ2v) is 6.03. The Morgan fingerprint density at radius 1 is 1.24 bits per heavy atom. The molecule has 2 aromatic rings. The first-order valence-electron chi connectivity index (χ1n) is 8.09. The summed E-state index contributed by atoms with van der Waals surface area (Å²) >= 11 is 0. The Morgan fingerprint density at radius 2 is 1.92 bits per heavy atom. The van der Waals surface area contributed by atoms with Gasteiger partial charge in [-0.25, -0.2) is 4.79 Å². The van der Waals surface area contributed by atoms with E-state index in [-0.39, 0.29) is 5.92 Å². The van der Waals surface area contributed by atoms with Crippen LogP contribution in [0.4, 0.5) is 0 Å². The molecule has 0 aliphatic rings. The molecule has 0 bridgehead atoms. The lowest BCUT2D eigenvalue weighted by molar-refractivity contribution is -0.140. The number of aryl methyl sites for hydroxylation is 1. The number of nitrogens with zero attached hydrogens (tertiary/aromatic N) is 1. The van der Waals surface area contributed by atoms with Gasteiger partial charge in [0, 0.05) is 24.6 Å². The van der Waals surface area contributed by atoms with Gasteiger partial charge >= 0.3 is 5.97 Å². The molecule has 1 amide bonds. The lowest BCUT2D eigenvalue weighted by Gasteiger charge is -2.20. The van der Waals surface area contributed by atoms with Gasteiger partial charge in [0.2, 0.25) is 0 Å². The van der Waals surface area contributed by atoms with Crippen molar-refractivity contribution in [2.75, 3.05) is 14.2 Å². The van der Waals surface area contributed by atoms with Gasteiger partial charge in [0.25, 0.3) is 5.91 Å². The first-order chi connectivity index (χ1) is 11.8. The fourth-order valence-corrected chi connectivity index (χ4v) is 2.78. The number of hydrogen-bond acceptors (Lipinski definition) is 4. The number of carbonyl (C=O) groups excluding carboxylic acids is 1. The summed E-state index contributed by atoms with van der Waals surface area (Å²) in [4.78, 5) is 24.1. The second-order valence-electron chi connectivity index (χ2n) is 6.03. The topological polar surface area (TPSA) is 89.8 Å². The second kappa shape index (κ2) is 7.46. The lowest BCUT2D eigenvalue weighted by Crippen LogP contribution is -2.45. The van der Waals surface area contributed by atoms with E-state index >= 15 is 0 Å². The van der Waals surface area contributed by atoms with Crippen molar-refractivity contribution in [1.29, 1.82) is 0 Å². The summed E-state index contributed by atoms with van der Waals surface area (Å²) in [5.74, 6) is -0.458. The van der Waals surface area contributed by atoms with Crippen molar-refractivity contribution in [3.63, 3.8) is 0 Å². The van der Waals surface area contributed by atoms with Crippen LogP contribution < -0.4 is 14.8 Å². The van der Waals surface area contributed by atoms with E-state index in [1.165, 1.54) is 0 Å². The van der Waals surface area contributed by atoms with Gasteiger partial charge in [0.05, 0.1) is 19.7 Å². The van der Waals surface area contributed by atoms with Crippen LogP contribution in [0.1, 0.15) is 30.8 Å². The molecule has 0 saturated carbocycles. The van der Waals surface area contributed by atoms with Crippen LogP contribution in [-0.2, 0) is 11.8 Å². The number of aromatic nitrogens is 1. The summed E-state index contributed by atoms with van der Waals surface area (Å²) in [7, 11) is 4.85. The minimum atomic E-state index is -1.04. The Morgan fingerprint density at radius 3 is 2.44 bits per heavy atom. The van der Waals surface area contributed by atoms with Gasteiger partial charge in [-0.15, -0.1) is 0 Å². The summed E-state index contributed by atoms with van der Waals surface area (Å²) in [5, 5.41) is 12.7. The normalized spacial score (nSPS) is 13.3. The van der Waals surface area contributed by atoms with Crippen molar-refractivity contribution in [1.82, 2.24) is 9.88 Å². The molecule has 1 heterocycles. The van der Waals surface area contributed by atoms with Crippen molar-refractivity contribution >= 4 is 22.8 Å². The maximum Gasteiger partial charge on any atom is 0.326 e. The molecule has 25 heavy (non-hydrogen) atoms. The van der Waals surface area contributed by atoms with Gasteiger partial charge in [-0.3, -0.25) is 4.79 Å². The van der Waals surface area contributed by atoms with Gasteiger partial charge in [0.15, 0.2) is 0 Å². The number of nitrogens with one attached hydrogen (secondary N) is 1. The largest absolute Gasteiger partial charge is 0.497 e. The van der Waals surface area contributed by atoms with Crippen molar-refractivity contribution in [2.45, 2.75) is 26.3 Å². The molecule has 0 radical (unpaired) electrons. The maximum absolute atomic E-state index is 12.7. The fraction of sp³-hybridized carbons (Fsp3) is 0.444. The monoisotopic (exact) mass is 348 g/mol. The molecule has 0 aliphatic carbocycles. The van der Waals surface area contributed by atoms with Gasteiger partial charge in [-0.05, 0) is 12.0 Å². The zero-order chi connectivity index (χ0) is 18.7. The molecule has 0 unspecified atom stereocenters. The molecule has 7 nitrogen and oxygen atoms in total. The number of carboxylic acid groups (broad SMARTS) is 1. The third-order valence-corrected chi connectivity index (χ3v) is 4.55. The number of amides is 1. The first-order valence-corrected chi connectivity index (χ1v) is 8.09. The third-order valence-electron chi connectivity index (χ3n) is 4.55. The SMILES string of the molecule is CC[C@H](C)[C@H](NC(=O)c1cc2c(OC)cc(OC)cc2n1C)C(=O)O. The van der Waals surface area contributed by atoms with Gasteiger partial charge in [0.1, 0.15) is 23.2 Å². The van der Waals surface area contributed by atoms with Crippen molar-refractivity contribution in [3.05, 3.63) is 23.9 Å². The Balaban J connectivity index is 2.45. The minimum absolute atomic E-state index is 0.175. The smallest absolute Gasteiger partial charge is 0.326 e. The van der Waals surface area contributed by atoms with Crippen molar-refractivity contribution in [3.8, 4) is 11.5 Å². The molecule has 2 N–H and O–H groups in total. The van der Waals surface area contributed by atoms with Crippen molar-refractivity contribution in [2.24, 2.45) is 13.0 Å². The maximum atomic E-state index is 12.7. The third kappa shape index (κ3) is 3.55. The molecular weight excluding hydrogens is 324 g/mol. The Bertz CT molecular complexity index is 796. The van der Waals surface area contributed by atoms with Crippen molar-refractivity contribution < 1.29 is 24.2 Å². The molecule has 0 fully saturated rings. The van der Waals surface area contributed by atoms with E-state index in [1.54, 1.807) is 51.0 Å². The first kappa shape index (κ1) is 18.6. The van der Waals surface area contributed by atoms with Gasteiger partial charge in [-0.2, -0.15) is 0 Å². The van der Waals surface area contributed by atoms with E-state index in [9.17, 15) is 14.7 Å². The van der Waals surface area contributed by atoms with Crippen LogP contribution in [0.5, 0.6) is 11.5 Å². The molecule has 7 heteroatoms. The van der Waals surface area contributed by atoms with Crippen LogP contribution in [0, 0.1) is 5.92 Å². The predicted octanol–water partition coefficient (Wildman–Crippen LogP) is 2.42. The molecular formula is C18H24N2O5. The highest BCUT2D eigenvalue weighted by molar-refractivity contribution is 6.02. The molecule has 2 rings (SSSR count). The summed E-state index contributed by atoms with van der Waals surface area (Å²) in [6.45, 7) is 3.69. The Hall–Kier alpha value is -2.70. The highest BCUT2D eigenvalue weighted by Gasteiger charge is 2.27. The molecule has 1 aromatic carbocycles. The number of hydrogen-bond donors (Lipinski definition) is 2. The summed E-state index contributed by atoms with van der Waals surface area (Å²) in [6, 6.07) is 4.30. The molecule has 0 spiro atoms. The highest BCUT2D eigenvalue weighted by atomic mass is 16.5. The van der Waals surface area contributed by atoms with Crippen LogP contribution >= 0.6 is 0 Å². The molecule has 0 saturated heterocycles. The molecule has 0 aliphatic heterocycles. The van der Waals surface area contributed by atoms with Gasteiger partial charge < -0.3 is 24.5 Å². The number of aliphatic carboxylic acids is 1. The quantitative estimate of drug-likeness (QED) is 0.802. The summed E-state index contributed by atoms with van der Waals surface area (Å²) in [5.41, 5.74) is 1.12. The van der Waals surface area contributed by atoms with E-state index in [4.69, 9.17) is 9.47 Å². The number of carboxylic acids is 1. The number of methoxy groups -OCH3 is 2. The van der Waals surface area contributed by atoms with E-state index in [0.29, 0.717) is 23.6 Å². The zero-order valence-electron chi connectivity index (χ0n) is 15.1. The number of benzene rings is 1. The predicted molar refractivity (Wildman–Crippen MR) is 94.4 cm³/mol. The van der Waals surface area contributed by atoms with Crippen LogP contribution in [0.15, 0.2) is 18.2 Å². The number of fused-ring (bicyclic) bond motifs is 1. The Kier molecular flexibility index (Phi) is 5.56. The van der Waals surface area contributed by atoms with Gasteiger partial charge in [-0.1, -0.05) is 20.3 Å². The van der Waals surface area contributed by atoms with Crippen LogP contribution in [0.2, 0.25) is 0 Å². The number of ether oxygens (including phenoxy) is 2.